The Bertz CT molecular complexity index is 619. The van der Waals surface area contributed by atoms with Crippen LogP contribution in [0.2, 0.25) is 0 Å². The molecule has 0 spiro atoms. The lowest BCUT2D eigenvalue weighted by molar-refractivity contribution is -0.0106. The van der Waals surface area contributed by atoms with E-state index < -0.39 is 5.60 Å². The smallest absolute Gasteiger partial charge is 0.244 e. The lowest BCUT2D eigenvalue weighted by Crippen LogP contribution is -2.29. The van der Waals surface area contributed by atoms with E-state index in [2.05, 4.69) is 46.6 Å². The molecule has 0 fully saturated rings. The summed E-state index contributed by atoms with van der Waals surface area (Å²) in [6.45, 7) is 4.85. The van der Waals surface area contributed by atoms with Gasteiger partial charge in [-0.15, -0.1) is 0 Å². The minimum absolute atomic E-state index is 0.0686. The van der Waals surface area contributed by atoms with E-state index in [0.717, 1.165) is 19.4 Å². The summed E-state index contributed by atoms with van der Waals surface area (Å²) in [5.74, 6) is 1.25. The van der Waals surface area contributed by atoms with Crippen LogP contribution in [0.15, 0.2) is 28.8 Å². The van der Waals surface area contributed by atoms with E-state index in [1.165, 1.54) is 11.1 Å². The van der Waals surface area contributed by atoms with Crippen LogP contribution in [0.3, 0.4) is 0 Å². The predicted octanol–water partition coefficient (Wildman–Crippen LogP) is 2.73. The Kier molecular flexibility index (Phi) is 3.78. The molecule has 2 heterocycles. The highest BCUT2D eigenvalue weighted by Crippen LogP contribution is 2.29. The minimum atomic E-state index is -0.492. The molecule has 1 N–H and O–H groups in total. The van der Waals surface area contributed by atoms with Crippen molar-refractivity contribution in [2.24, 2.45) is 0 Å². The normalized spacial score (nSPS) is 20.8. The predicted molar refractivity (Wildman–Crippen MR) is 78.7 cm³/mol. The van der Waals surface area contributed by atoms with E-state index in [4.69, 9.17) is 9.26 Å². The first-order chi connectivity index (χ1) is 10.2. The Balaban J connectivity index is 1.82. The summed E-state index contributed by atoms with van der Waals surface area (Å²) in [6, 6.07) is 8.51. The SMILES string of the molecule is CCC(C)(OC)c1noc([C@H]2Cc3ccccc3CN2)n1. The average Bonchev–Trinajstić information content (AvgIpc) is 3.04. The number of nitrogens with one attached hydrogen (secondary N) is 1. The van der Waals surface area contributed by atoms with Crippen molar-refractivity contribution in [3.63, 3.8) is 0 Å². The van der Waals surface area contributed by atoms with Gasteiger partial charge in [-0.3, -0.25) is 0 Å². The second-order valence-electron chi connectivity index (χ2n) is 5.65. The van der Waals surface area contributed by atoms with E-state index in [1.807, 2.05) is 6.92 Å². The Morgan fingerprint density at radius 1 is 1.38 bits per heavy atom. The third-order valence-electron chi connectivity index (χ3n) is 4.42. The van der Waals surface area contributed by atoms with E-state index >= 15 is 0 Å². The van der Waals surface area contributed by atoms with Gasteiger partial charge in [0, 0.05) is 13.7 Å². The van der Waals surface area contributed by atoms with Crippen LogP contribution in [-0.4, -0.2) is 17.3 Å². The molecule has 21 heavy (non-hydrogen) atoms. The molecular formula is C16H21N3O2. The third kappa shape index (κ3) is 2.59. The molecule has 2 aromatic rings. The van der Waals surface area contributed by atoms with Gasteiger partial charge in [-0.25, -0.2) is 0 Å². The van der Waals surface area contributed by atoms with Crippen molar-refractivity contribution < 1.29 is 9.26 Å². The molecule has 112 valence electrons. The maximum atomic E-state index is 5.52. The number of benzene rings is 1. The van der Waals surface area contributed by atoms with Crippen molar-refractivity contribution in [1.82, 2.24) is 15.5 Å². The molecule has 2 atom stereocenters. The van der Waals surface area contributed by atoms with Crippen LogP contribution < -0.4 is 5.32 Å². The summed E-state index contributed by atoms with van der Waals surface area (Å²) >= 11 is 0. The largest absolute Gasteiger partial charge is 0.370 e. The van der Waals surface area contributed by atoms with Crippen LogP contribution in [0, 0.1) is 0 Å². The molecule has 1 aliphatic rings. The fourth-order valence-corrected chi connectivity index (χ4v) is 2.61. The first-order valence-electron chi connectivity index (χ1n) is 7.35. The lowest BCUT2D eigenvalue weighted by atomic mass is 9.96. The van der Waals surface area contributed by atoms with Gasteiger partial charge < -0.3 is 14.6 Å². The zero-order valence-corrected chi connectivity index (χ0v) is 12.7. The van der Waals surface area contributed by atoms with Gasteiger partial charge in [-0.1, -0.05) is 36.3 Å². The monoisotopic (exact) mass is 287 g/mol. The van der Waals surface area contributed by atoms with E-state index in [1.54, 1.807) is 7.11 Å². The molecule has 5 heteroatoms. The molecule has 1 aromatic carbocycles. The first kappa shape index (κ1) is 14.2. The van der Waals surface area contributed by atoms with Gasteiger partial charge in [0.2, 0.25) is 11.7 Å². The molecule has 1 aliphatic heterocycles. The maximum absolute atomic E-state index is 5.52. The quantitative estimate of drug-likeness (QED) is 0.937. The first-order valence-corrected chi connectivity index (χ1v) is 7.35. The Morgan fingerprint density at radius 2 is 2.14 bits per heavy atom. The molecule has 1 unspecified atom stereocenters. The number of rotatable bonds is 4. The fraction of sp³-hybridized carbons (Fsp3) is 0.500. The number of hydrogen-bond donors (Lipinski definition) is 1. The molecule has 0 saturated carbocycles. The Labute approximate surface area is 124 Å². The van der Waals surface area contributed by atoms with Gasteiger partial charge in [0.15, 0.2) is 0 Å². The van der Waals surface area contributed by atoms with E-state index in [-0.39, 0.29) is 6.04 Å². The minimum Gasteiger partial charge on any atom is -0.370 e. The van der Waals surface area contributed by atoms with Crippen molar-refractivity contribution >= 4 is 0 Å². The van der Waals surface area contributed by atoms with Crippen LogP contribution in [-0.2, 0) is 23.3 Å². The summed E-state index contributed by atoms with van der Waals surface area (Å²) in [4.78, 5) is 4.56. The molecule has 0 radical (unpaired) electrons. The molecule has 0 bridgehead atoms. The van der Waals surface area contributed by atoms with Gasteiger partial charge in [0.1, 0.15) is 5.60 Å². The third-order valence-corrected chi connectivity index (χ3v) is 4.42. The van der Waals surface area contributed by atoms with Gasteiger partial charge in [-0.05, 0) is 30.9 Å². The molecule has 0 amide bonds. The van der Waals surface area contributed by atoms with Crippen LogP contribution in [0.25, 0.3) is 0 Å². The Morgan fingerprint density at radius 3 is 2.86 bits per heavy atom. The maximum Gasteiger partial charge on any atom is 0.244 e. The second kappa shape index (κ2) is 5.58. The number of ether oxygens (including phenoxy) is 1. The number of aromatic nitrogens is 2. The second-order valence-corrected chi connectivity index (χ2v) is 5.65. The number of nitrogens with zero attached hydrogens (tertiary/aromatic N) is 2. The molecule has 0 saturated heterocycles. The zero-order chi connectivity index (χ0) is 14.9. The van der Waals surface area contributed by atoms with Crippen LogP contribution in [0.1, 0.15) is 49.2 Å². The highest BCUT2D eigenvalue weighted by atomic mass is 16.5. The van der Waals surface area contributed by atoms with Crippen LogP contribution in [0.4, 0.5) is 0 Å². The van der Waals surface area contributed by atoms with Crippen molar-refractivity contribution in [1.29, 1.82) is 0 Å². The number of hydrogen-bond acceptors (Lipinski definition) is 5. The van der Waals surface area contributed by atoms with Gasteiger partial charge in [0.05, 0.1) is 6.04 Å². The summed E-state index contributed by atoms with van der Waals surface area (Å²) in [7, 11) is 1.68. The highest BCUT2D eigenvalue weighted by molar-refractivity contribution is 5.30. The van der Waals surface area contributed by atoms with Crippen LogP contribution >= 0.6 is 0 Å². The fourth-order valence-electron chi connectivity index (χ4n) is 2.61. The number of methoxy groups -OCH3 is 1. The molecule has 1 aromatic heterocycles. The highest BCUT2D eigenvalue weighted by Gasteiger charge is 2.32. The molecular weight excluding hydrogens is 266 g/mol. The number of fused-ring (bicyclic) bond motifs is 1. The Hall–Kier alpha value is -1.72. The molecule has 3 rings (SSSR count). The molecule has 5 nitrogen and oxygen atoms in total. The van der Waals surface area contributed by atoms with E-state index in [9.17, 15) is 0 Å². The van der Waals surface area contributed by atoms with Gasteiger partial charge in [0.25, 0.3) is 0 Å². The average molecular weight is 287 g/mol. The molecule has 0 aliphatic carbocycles. The van der Waals surface area contributed by atoms with Crippen molar-refractivity contribution in [2.45, 2.75) is 44.9 Å². The summed E-state index contributed by atoms with van der Waals surface area (Å²) in [6.07, 6.45) is 1.66. The van der Waals surface area contributed by atoms with Crippen molar-refractivity contribution in [2.75, 3.05) is 7.11 Å². The van der Waals surface area contributed by atoms with Crippen molar-refractivity contribution in [3.05, 3.63) is 47.1 Å². The summed E-state index contributed by atoms with van der Waals surface area (Å²) < 4.78 is 11.0. The van der Waals surface area contributed by atoms with E-state index in [0.29, 0.717) is 11.7 Å². The van der Waals surface area contributed by atoms with Crippen molar-refractivity contribution in [3.8, 4) is 0 Å². The zero-order valence-electron chi connectivity index (χ0n) is 12.7. The van der Waals surface area contributed by atoms with Gasteiger partial charge in [-0.2, -0.15) is 4.98 Å². The topological polar surface area (TPSA) is 60.2 Å². The standard InChI is InChI=1S/C16H21N3O2/c1-4-16(2,20-3)15-18-14(21-19-15)13-9-11-7-5-6-8-12(11)10-17-13/h5-8,13,17H,4,9-10H2,1-3H3/t13-,16?/m1/s1. The van der Waals surface area contributed by atoms with Crippen LogP contribution in [0.5, 0.6) is 0 Å². The summed E-state index contributed by atoms with van der Waals surface area (Å²) in [5, 5.41) is 7.57. The van der Waals surface area contributed by atoms with Gasteiger partial charge >= 0.3 is 0 Å². The lowest BCUT2D eigenvalue weighted by Gasteiger charge is -2.24. The summed E-state index contributed by atoms with van der Waals surface area (Å²) in [5.41, 5.74) is 2.18.